The van der Waals surface area contributed by atoms with Gasteiger partial charge in [-0.1, -0.05) is 43.7 Å². The summed E-state index contributed by atoms with van der Waals surface area (Å²) in [6.07, 6.45) is 4.22. The molecule has 0 unspecified atom stereocenters. The molecule has 0 aliphatic rings. The molecule has 0 aliphatic carbocycles. The van der Waals surface area contributed by atoms with Crippen LogP contribution in [-0.2, 0) is 6.54 Å². The van der Waals surface area contributed by atoms with Gasteiger partial charge in [-0.2, -0.15) is 0 Å². The summed E-state index contributed by atoms with van der Waals surface area (Å²) >= 11 is 0. The van der Waals surface area contributed by atoms with Gasteiger partial charge in [0.15, 0.2) is 5.96 Å². The van der Waals surface area contributed by atoms with Crippen molar-refractivity contribution in [1.82, 2.24) is 20.2 Å². The maximum Gasteiger partial charge on any atom is 0.194 e. The Balaban J connectivity index is 0.00000288. The van der Waals surface area contributed by atoms with E-state index in [0.29, 0.717) is 6.54 Å². The van der Waals surface area contributed by atoms with Gasteiger partial charge < -0.3 is 15.2 Å². The van der Waals surface area contributed by atoms with E-state index < -0.39 is 0 Å². The van der Waals surface area contributed by atoms with E-state index in [1.165, 1.54) is 12.8 Å². The van der Waals surface area contributed by atoms with Crippen LogP contribution in [-0.4, -0.2) is 41.0 Å². The summed E-state index contributed by atoms with van der Waals surface area (Å²) in [6.45, 7) is 6.71. The minimum absolute atomic E-state index is 0. The summed E-state index contributed by atoms with van der Waals surface area (Å²) in [7, 11) is 2.08. The Bertz CT molecular complexity index is 609. The second-order valence-corrected chi connectivity index (χ2v) is 5.55. The molecule has 0 radical (unpaired) electrons. The molecule has 2 aromatic rings. The lowest BCUT2D eigenvalue weighted by atomic mass is 10.2. The number of nitrogens with one attached hydrogen (secondary N) is 2. The quantitative estimate of drug-likeness (QED) is 0.390. The highest BCUT2D eigenvalue weighted by Crippen LogP contribution is 2.16. The molecule has 1 aromatic heterocycles. The van der Waals surface area contributed by atoms with Gasteiger partial charge in [0.2, 0.25) is 0 Å². The van der Waals surface area contributed by atoms with E-state index in [1.807, 2.05) is 24.4 Å². The van der Waals surface area contributed by atoms with Crippen molar-refractivity contribution in [2.45, 2.75) is 33.2 Å². The van der Waals surface area contributed by atoms with Crippen molar-refractivity contribution in [1.29, 1.82) is 0 Å². The second-order valence-electron chi connectivity index (χ2n) is 5.55. The Hall–Kier alpha value is -1.57. The van der Waals surface area contributed by atoms with Gasteiger partial charge in [0, 0.05) is 20.1 Å². The fourth-order valence-corrected chi connectivity index (χ4v) is 2.33. The number of imidazole rings is 1. The third-order valence-corrected chi connectivity index (χ3v) is 3.64. The van der Waals surface area contributed by atoms with Crippen LogP contribution in [0.25, 0.3) is 11.3 Å². The number of aliphatic imine (C=N–C) groups is 1. The van der Waals surface area contributed by atoms with E-state index in [4.69, 9.17) is 0 Å². The Labute approximate surface area is 162 Å². The van der Waals surface area contributed by atoms with Gasteiger partial charge in [-0.15, -0.1) is 24.0 Å². The standard InChI is InChI=1S/C18H27N5.HI/c1-4-6-12-23(3)18(19-5-2)21-14-17-20-13-16(22-17)15-10-8-7-9-11-15;/h7-11,13H,4-6,12,14H2,1-3H3,(H,19,21)(H,20,22);1H. The maximum absolute atomic E-state index is 4.68. The van der Waals surface area contributed by atoms with Gasteiger partial charge in [0.1, 0.15) is 12.4 Å². The number of benzene rings is 1. The van der Waals surface area contributed by atoms with E-state index in [2.05, 4.69) is 58.2 Å². The number of hydrogen-bond donors (Lipinski definition) is 2. The highest BCUT2D eigenvalue weighted by atomic mass is 127. The van der Waals surface area contributed by atoms with Crippen LogP contribution >= 0.6 is 24.0 Å². The molecular formula is C18H28IN5. The van der Waals surface area contributed by atoms with Gasteiger partial charge in [-0.25, -0.2) is 9.98 Å². The van der Waals surface area contributed by atoms with Gasteiger partial charge in [-0.3, -0.25) is 0 Å². The molecule has 0 fully saturated rings. The Morgan fingerprint density at radius 2 is 2.00 bits per heavy atom. The molecule has 0 spiro atoms. The van der Waals surface area contributed by atoms with Crippen LogP contribution in [0.5, 0.6) is 0 Å². The second kappa shape index (κ2) is 11.1. The summed E-state index contributed by atoms with van der Waals surface area (Å²) in [4.78, 5) is 14.6. The largest absolute Gasteiger partial charge is 0.357 e. The number of guanidine groups is 1. The molecule has 0 bridgehead atoms. The van der Waals surface area contributed by atoms with Crippen LogP contribution in [0.15, 0.2) is 41.5 Å². The number of unbranched alkanes of at least 4 members (excludes halogenated alkanes) is 1. The van der Waals surface area contributed by atoms with Crippen LogP contribution in [0.3, 0.4) is 0 Å². The predicted octanol–water partition coefficient (Wildman–Crippen LogP) is 3.89. The van der Waals surface area contributed by atoms with Gasteiger partial charge in [0.05, 0.1) is 11.9 Å². The van der Waals surface area contributed by atoms with E-state index in [1.54, 1.807) is 0 Å². The molecule has 2 N–H and O–H groups in total. The fraction of sp³-hybridized carbons (Fsp3) is 0.444. The van der Waals surface area contributed by atoms with E-state index in [9.17, 15) is 0 Å². The minimum Gasteiger partial charge on any atom is -0.357 e. The van der Waals surface area contributed by atoms with Gasteiger partial charge in [-0.05, 0) is 18.9 Å². The zero-order valence-corrected chi connectivity index (χ0v) is 17.1. The molecule has 0 saturated carbocycles. The predicted molar refractivity (Wildman–Crippen MR) is 112 cm³/mol. The summed E-state index contributed by atoms with van der Waals surface area (Å²) in [5, 5.41) is 3.33. The van der Waals surface area contributed by atoms with Crippen molar-refractivity contribution < 1.29 is 0 Å². The maximum atomic E-state index is 4.68. The van der Waals surface area contributed by atoms with Crippen LogP contribution in [0.1, 0.15) is 32.5 Å². The van der Waals surface area contributed by atoms with Crippen LogP contribution in [0.4, 0.5) is 0 Å². The average Bonchev–Trinajstić information content (AvgIpc) is 3.06. The molecule has 0 atom stereocenters. The molecule has 1 aromatic carbocycles. The molecule has 24 heavy (non-hydrogen) atoms. The first-order valence-corrected chi connectivity index (χ1v) is 8.33. The first-order chi connectivity index (χ1) is 11.2. The topological polar surface area (TPSA) is 56.3 Å². The van der Waals surface area contributed by atoms with E-state index >= 15 is 0 Å². The lowest BCUT2D eigenvalue weighted by Gasteiger charge is -2.21. The average molecular weight is 441 g/mol. The third-order valence-electron chi connectivity index (χ3n) is 3.64. The number of nitrogens with zero attached hydrogens (tertiary/aromatic N) is 3. The number of H-pyrrole nitrogens is 1. The summed E-state index contributed by atoms with van der Waals surface area (Å²) in [6, 6.07) is 10.2. The summed E-state index contributed by atoms with van der Waals surface area (Å²) < 4.78 is 0. The van der Waals surface area contributed by atoms with Crippen LogP contribution < -0.4 is 5.32 Å². The molecular weight excluding hydrogens is 413 g/mol. The molecule has 132 valence electrons. The van der Waals surface area contributed by atoms with Crippen LogP contribution in [0.2, 0.25) is 0 Å². The fourth-order valence-electron chi connectivity index (χ4n) is 2.33. The number of rotatable bonds is 7. The molecule has 0 saturated heterocycles. The molecule has 5 nitrogen and oxygen atoms in total. The van der Waals surface area contributed by atoms with Gasteiger partial charge in [0.25, 0.3) is 0 Å². The number of aromatic nitrogens is 2. The van der Waals surface area contributed by atoms with Crippen molar-refractivity contribution in [3.63, 3.8) is 0 Å². The zero-order chi connectivity index (χ0) is 16.5. The van der Waals surface area contributed by atoms with E-state index in [0.717, 1.165) is 36.1 Å². The SMILES string of the molecule is CCCCN(C)C(=NCc1ncc(-c2ccccc2)[nH]1)NCC.I. The highest BCUT2D eigenvalue weighted by molar-refractivity contribution is 14.0. The van der Waals surface area contributed by atoms with Gasteiger partial charge >= 0.3 is 0 Å². The minimum atomic E-state index is 0. The smallest absolute Gasteiger partial charge is 0.194 e. The van der Waals surface area contributed by atoms with Crippen molar-refractivity contribution in [3.8, 4) is 11.3 Å². The molecule has 0 amide bonds. The van der Waals surface area contributed by atoms with Crippen molar-refractivity contribution in [3.05, 3.63) is 42.4 Å². The number of aromatic amines is 1. The summed E-state index contributed by atoms with van der Waals surface area (Å²) in [5.41, 5.74) is 2.17. The highest BCUT2D eigenvalue weighted by Gasteiger charge is 2.06. The summed E-state index contributed by atoms with van der Waals surface area (Å²) in [5.74, 6) is 1.81. The molecule has 2 rings (SSSR count). The Morgan fingerprint density at radius 1 is 1.25 bits per heavy atom. The lowest BCUT2D eigenvalue weighted by Crippen LogP contribution is -2.39. The molecule has 1 heterocycles. The van der Waals surface area contributed by atoms with Crippen molar-refractivity contribution >= 4 is 29.9 Å². The van der Waals surface area contributed by atoms with E-state index in [-0.39, 0.29) is 24.0 Å². The normalized spacial score (nSPS) is 11.0. The first-order valence-electron chi connectivity index (χ1n) is 8.33. The van der Waals surface area contributed by atoms with Crippen LogP contribution in [0, 0.1) is 0 Å². The number of hydrogen-bond acceptors (Lipinski definition) is 2. The first kappa shape index (κ1) is 20.5. The zero-order valence-electron chi connectivity index (χ0n) is 14.7. The lowest BCUT2D eigenvalue weighted by molar-refractivity contribution is 0.464. The third kappa shape index (κ3) is 6.14. The Morgan fingerprint density at radius 3 is 2.67 bits per heavy atom. The Kier molecular flexibility index (Phi) is 9.44. The molecule has 0 aliphatic heterocycles. The molecule has 6 heteroatoms. The monoisotopic (exact) mass is 441 g/mol. The van der Waals surface area contributed by atoms with Crippen molar-refractivity contribution in [2.75, 3.05) is 20.1 Å². The van der Waals surface area contributed by atoms with Crippen molar-refractivity contribution in [2.24, 2.45) is 4.99 Å². The number of halogens is 1.